The van der Waals surface area contributed by atoms with E-state index in [1.54, 1.807) is 11.8 Å². The van der Waals surface area contributed by atoms with Gasteiger partial charge >= 0.3 is 0 Å². The van der Waals surface area contributed by atoms with E-state index >= 15 is 0 Å². The molecule has 0 radical (unpaired) electrons. The Morgan fingerprint density at radius 1 is 1.24 bits per heavy atom. The lowest BCUT2D eigenvalue weighted by Crippen LogP contribution is -2.45. The minimum absolute atomic E-state index is 0.0274. The number of nitrogens with zero attached hydrogens (tertiary/aromatic N) is 1. The highest BCUT2D eigenvalue weighted by Gasteiger charge is 2.31. The van der Waals surface area contributed by atoms with E-state index in [0.29, 0.717) is 26.2 Å². The van der Waals surface area contributed by atoms with Gasteiger partial charge in [0, 0.05) is 26.2 Å². The van der Waals surface area contributed by atoms with E-state index in [0.717, 1.165) is 11.4 Å². The zero-order chi connectivity index (χ0) is 15.2. The second-order valence-electron chi connectivity index (χ2n) is 4.85. The van der Waals surface area contributed by atoms with Gasteiger partial charge in [-0.25, -0.2) is 0 Å². The third-order valence-electron chi connectivity index (χ3n) is 3.37. The van der Waals surface area contributed by atoms with E-state index in [1.165, 1.54) is 0 Å². The van der Waals surface area contributed by atoms with Gasteiger partial charge in [-0.3, -0.25) is 4.79 Å². The first-order chi connectivity index (χ1) is 10.2. The zero-order valence-corrected chi connectivity index (χ0v) is 12.9. The van der Waals surface area contributed by atoms with Gasteiger partial charge in [-0.2, -0.15) is 0 Å². The Morgan fingerprint density at radius 2 is 1.90 bits per heavy atom. The van der Waals surface area contributed by atoms with Crippen LogP contribution in [0.4, 0.5) is 5.69 Å². The van der Waals surface area contributed by atoms with Gasteiger partial charge < -0.3 is 19.1 Å². The number of amides is 1. The fourth-order valence-electron chi connectivity index (χ4n) is 2.41. The number of rotatable bonds is 7. The van der Waals surface area contributed by atoms with Crippen molar-refractivity contribution in [3.8, 4) is 5.75 Å². The Balaban J connectivity index is 2.09. The normalized spacial score (nSPS) is 17.8. The smallest absolute Gasteiger partial charge is 0.267 e. The Labute approximate surface area is 125 Å². The van der Waals surface area contributed by atoms with Crippen molar-refractivity contribution in [2.75, 3.05) is 24.7 Å². The topological polar surface area (TPSA) is 48.0 Å². The Bertz CT molecular complexity index is 471. The maximum atomic E-state index is 12.3. The molecule has 0 saturated heterocycles. The molecule has 1 aromatic carbocycles. The highest BCUT2D eigenvalue weighted by Crippen LogP contribution is 2.33. The van der Waals surface area contributed by atoms with Gasteiger partial charge in [-0.05, 0) is 32.9 Å². The van der Waals surface area contributed by atoms with Crippen molar-refractivity contribution in [3.63, 3.8) is 0 Å². The second-order valence-corrected chi connectivity index (χ2v) is 4.85. The van der Waals surface area contributed by atoms with Crippen LogP contribution in [0, 0.1) is 0 Å². The number of fused-ring (bicyclic) bond motifs is 1. The molecule has 1 amide bonds. The summed E-state index contributed by atoms with van der Waals surface area (Å²) in [4.78, 5) is 14.1. The fraction of sp³-hybridized carbons (Fsp3) is 0.562. The number of anilines is 1. The van der Waals surface area contributed by atoms with Crippen LogP contribution in [0.1, 0.15) is 27.2 Å². The largest absolute Gasteiger partial charge is 0.479 e. The molecule has 1 aliphatic heterocycles. The van der Waals surface area contributed by atoms with Gasteiger partial charge in [0.1, 0.15) is 5.75 Å². The molecule has 0 spiro atoms. The molecule has 0 aromatic heterocycles. The van der Waals surface area contributed by atoms with E-state index in [2.05, 4.69) is 0 Å². The molecular formula is C16H23NO4. The summed E-state index contributed by atoms with van der Waals surface area (Å²) in [6.45, 7) is 7.37. The van der Waals surface area contributed by atoms with Crippen LogP contribution in [0.15, 0.2) is 24.3 Å². The van der Waals surface area contributed by atoms with Gasteiger partial charge in [-0.1, -0.05) is 12.1 Å². The molecule has 116 valence electrons. The average molecular weight is 293 g/mol. The Hall–Kier alpha value is -1.59. The third kappa shape index (κ3) is 3.74. The number of benzene rings is 1. The van der Waals surface area contributed by atoms with Gasteiger partial charge in [-0.15, -0.1) is 0 Å². The highest BCUT2D eigenvalue weighted by atomic mass is 16.7. The lowest BCUT2D eigenvalue weighted by molar-refractivity contribution is -0.139. The molecule has 0 saturated carbocycles. The van der Waals surface area contributed by atoms with Gasteiger partial charge in [0.05, 0.1) is 5.69 Å². The Morgan fingerprint density at radius 3 is 2.57 bits per heavy atom. The zero-order valence-electron chi connectivity index (χ0n) is 12.9. The van der Waals surface area contributed by atoms with Crippen LogP contribution >= 0.6 is 0 Å². The van der Waals surface area contributed by atoms with Crippen LogP contribution in [0.3, 0.4) is 0 Å². The maximum absolute atomic E-state index is 12.3. The van der Waals surface area contributed by atoms with E-state index in [4.69, 9.17) is 14.2 Å². The van der Waals surface area contributed by atoms with Crippen molar-refractivity contribution < 1.29 is 19.0 Å². The molecule has 1 aliphatic rings. The molecular weight excluding hydrogens is 270 g/mol. The summed E-state index contributed by atoms with van der Waals surface area (Å²) in [5, 5.41) is 0. The SMILES string of the molecule is CCOC(CCN1C(=O)C(C)Oc2ccccc21)OCC. The van der Waals surface area contributed by atoms with E-state index in [1.807, 2.05) is 38.1 Å². The van der Waals surface area contributed by atoms with Crippen LogP contribution in [-0.2, 0) is 14.3 Å². The van der Waals surface area contributed by atoms with Crippen LogP contribution in [0.5, 0.6) is 5.75 Å². The standard InChI is InChI=1S/C16H23NO4/c1-4-19-15(20-5-2)10-11-17-13-8-6-7-9-14(13)21-12(3)16(17)18/h6-9,12,15H,4-5,10-11H2,1-3H3. The van der Waals surface area contributed by atoms with E-state index < -0.39 is 6.10 Å². The van der Waals surface area contributed by atoms with Crippen molar-refractivity contribution in [2.24, 2.45) is 0 Å². The number of carbonyl (C=O) groups is 1. The average Bonchev–Trinajstić information content (AvgIpc) is 2.48. The van der Waals surface area contributed by atoms with Crippen molar-refractivity contribution in [3.05, 3.63) is 24.3 Å². The number of hydrogen-bond acceptors (Lipinski definition) is 4. The molecule has 1 aromatic rings. The molecule has 2 rings (SSSR count). The predicted molar refractivity (Wildman–Crippen MR) is 80.5 cm³/mol. The monoisotopic (exact) mass is 293 g/mol. The third-order valence-corrected chi connectivity index (χ3v) is 3.37. The fourth-order valence-corrected chi connectivity index (χ4v) is 2.41. The maximum Gasteiger partial charge on any atom is 0.267 e. The van der Waals surface area contributed by atoms with Crippen LogP contribution in [0.2, 0.25) is 0 Å². The molecule has 5 heteroatoms. The summed E-state index contributed by atoms with van der Waals surface area (Å²) in [6, 6.07) is 7.59. The summed E-state index contributed by atoms with van der Waals surface area (Å²) in [7, 11) is 0. The molecule has 1 unspecified atom stereocenters. The minimum Gasteiger partial charge on any atom is -0.479 e. The van der Waals surface area contributed by atoms with Gasteiger partial charge in [0.15, 0.2) is 12.4 Å². The molecule has 5 nitrogen and oxygen atoms in total. The molecule has 0 bridgehead atoms. The predicted octanol–water partition coefficient (Wildman–Crippen LogP) is 2.59. The summed E-state index contributed by atoms with van der Waals surface area (Å²) in [6.07, 6.45) is -0.107. The quantitative estimate of drug-likeness (QED) is 0.725. The number of para-hydroxylation sites is 2. The number of carbonyl (C=O) groups excluding carboxylic acids is 1. The van der Waals surface area contributed by atoms with Gasteiger partial charge in [0.25, 0.3) is 5.91 Å². The van der Waals surface area contributed by atoms with Crippen molar-refractivity contribution in [1.82, 2.24) is 0 Å². The summed E-state index contributed by atoms with van der Waals surface area (Å²) >= 11 is 0. The van der Waals surface area contributed by atoms with Gasteiger partial charge in [0.2, 0.25) is 0 Å². The molecule has 1 atom stereocenters. The Kier molecular flexibility index (Phi) is 5.59. The molecule has 0 fully saturated rings. The molecule has 1 heterocycles. The number of hydrogen-bond donors (Lipinski definition) is 0. The minimum atomic E-state index is -0.461. The van der Waals surface area contributed by atoms with Crippen LogP contribution < -0.4 is 9.64 Å². The molecule has 0 N–H and O–H groups in total. The van der Waals surface area contributed by atoms with Crippen molar-refractivity contribution >= 4 is 11.6 Å². The first-order valence-electron chi connectivity index (χ1n) is 7.47. The second kappa shape index (κ2) is 7.43. The lowest BCUT2D eigenvalue weighted by Gasteiger charge is -2.33. The molecule has 21 heavy (non-hydrogen) atoms. The highest BCUT2D eigenvalue weighted by molar-refractivity contribution is 5.99. The molecule has 0 aliphatic carbocycles. The van der Waals surface area contributed by atoms with E-state index in [-0.39, 0.29) is 12.2 Å². The number of ether oxygens (including phenoxy) is 3. The van der Waals surface area contributed by atoms with Crippen LogP contribution in [0.25, 0.3) is 0 Å². The first kappa shape index (κ1) is 15.8. The van der Waals surface area contributed by atoms with Crippen molar-refractivity contribution in [2.45, 2.75) is 39.6 Å². The summed E-state index contributed by atoms with van der Waals surface area (Å²) in [5.74, 6) is 0.717. The summed E-state index contributed by atoms with van der Waals surface area (Å²) < 4.78 is 16.7. The van der Waals surface area contributed by atoms with E-state index in [9.17, 15) is 4.79 Å². The first-order valence-corrected chi connectivity index (χ1v) is 7.47. The van der Waals surface area contributed by atoms with Crippen LogP contribution in [-0.4, -0.2) is 38.1 Å². The van der Waals surface area contributed by atoms with Crippen molar-refractivity contribution in [1.29, 1.82) is 0 Å². The summed E-state index contributed by atoms with van der Waals surface area (Å²) in [5.41, 5.74) is 0.812. The lowest BCUT2D eigenvalue weighted by atomic mass is 10.1.